The first-order chi connectivity index (χ1) is 14.9. The number of benzene rings is 2. The average Bonchev–Trinajstić information content (AvgIpc) is 2.78. The lowest BCUT2D eigenvalue weighted by Crippen LogP contribution is -2.55. The Bertz CT molecular complexity index is 898. The second kappa shape index (κ2) is 9.90. The molecule has 0 heterocycles. The number of nitrogens with zero attached hydrogens (tertiary/aromatic N) is 2. The third kappa shape index (κ3) is 5.40. The number of carbonyl (C=O) groups is 1. The zero-order valence-electron chi connectivity index (χ0n) is 18.4. The van der Waals surface area contributed by atoms with Crippen molar-refractivity contribution in [2.75, 3.05) is 0 Å². The molecule has 0 aromatic heterocycles. The number of rotatable bonds is 7. The monoisotopic (exact) mass is 422 g/mol. The van der Waals surface area contributed by atoms with E-state index < -0.39 is 17.3 Å². The van der Waals surface area contributed by atoms with Crippen LogP contribution in [0.5, 0.6) is 0 Å². The van der Waals surface area contributed by atoms with Crippen LogP contribution in [0, 0.1) is 5.92 Å². The van der Waals surface area contributed by atoms with Gasteiger partial charge < -0.3 is 9.57 Å². The van der Waals surface area contributed by atoms with Crippen LogP contribution in [0.1, 0.15) is 68.8 Å². The molecule has 0 spiro atoms. The van der Waals surface area contributed by atoms with Crippen LogP contribution in [0.15, 0.2) is 65.8 Å². The van der Waals surface area contributed by atoms with Gasteiger partial charge in [0, 0.05) is 11.5 Å². The lowest BCUT2D eigenvalue weighted by molar-refractivity contribution is -0.340. The Morgan fingerprint density at radius 3 is 2.10 bits per heavy atom. The molecule has 164 valence electrons. The second-order valence-corrected chi connectivity index (χ2v) is 8.82. The molecule has 31 heavy (non-hydrogen) atoms. The summed E-state index contributed by atoms with van der Waals surface area (Å²) in [4.78, 5) is 30.2. The molecule has 1 unspecified atom stereocenters. The molecule has 0 radical (unpaired) electrons. The van der Waals surface area contributed by atoms with Crippen molar-refractivity contribution in [2.24, 2.45) is 11.0 Å². The molecular formula is C25H30N2O4. The maximum Gasteiger partial charge on any atom is 0.365 e. The molecule has 3 rings (SSSR count). The Hall–Kier alpha value is -2.95. The Morgan fingerprint density at radius 1 is 0.968 bits per heavy atom. The fraction of sp³-hybridized carbons (Fsp3) is 0.440. The number of ether oxygens (including phenoxy) is 1. The van der Waals surface area contributed by atoms with Gasteiger partial charge in [0.2, 0.25) is 5.72 Å². The Balaban J connectivity index is 2.14. The first-order valence-electron chi connectivity index (χ1n) is 10.8. The highest BCUT2D eigenvalue weighted by atomic mass is 16.8. The first kappa shape index (κ1) is 22.7. The van der Waals surface area contributed by atoms with E-state index in [-0.39, 0.29) is 5.92 Å². The molecule has 1 fully saturated rings. The van der Waals surface area contributed by atoms with Gasteiger partial charge >= 0.3 is 5.97 Å². The van der Waals surface area contributed by atoms with Crippen molar-refractivity contribution < 1.29 is 19.2 Å². The van der Waals surface area contributed by atoms with E-state index in [1.807, 2.05) is 57.2 Å². The van der Waals surface area contributed by atoms with Gasteiger partial charge in [-0.3, -0.25) is 0 Å². The number of carbonyl (C=O) groups excluding carboxylic acids is 2. The molecule has 0 bridgehead atoms. The molecule has 0 saturated heterocycles. The van der Waals surface area contributed by atoms with Crippen LogP contribution in [0.2, 0.25) is 0 Å². The maximum absolute atomic E-state index is 12.9. The molecule has 6 heteroatoms. The number of isocyanates is 1. The van der Waals surface area contributed by atoms with Gasteiger partial charge in [0.05, 0.1) is 11.2 Å². The summed E-state index contributed by atoms with van der Waals surface area (Å²) in [7, 11) is 0. The van der Waals surface area contributed by atoms with Gasteiger partial charge in [-0.25, -0.2) is 9.59 Å². The summed E-state index contributed by atoms with van der Waals surface area (Å²) >= 11 is 0. The van der Waals surface area contributed by atoms with Crippen molar-refractivity contribution in [2.45, 2.75) is 64.2 Å². The fourth-order valence-electron chi connectivity index (χ4n) is 4.23. The summed E-state index contributed by atoms with van der Waals surface area (Å²) < 4.78 is 6.68. The van der Waals surface area contributed by atoms with Crippen LogP contribution in [0.4, 0.5) is 0 Å². The van der Waals surface area contributed by atoms with Gasteiger partial charge in [0.25, 0.3) is 6.08 Å². The predicted octanol–water partition coefficient (Wildman–Crippen LogP) is 5.56. The van der Waals surface area contributed by atoms with Crippen molar-refractivity contribution in [3.8, 4) is 0 Å². The molecule has 1 saturated carbocycles. The minimum Gasteiger partial charge on any atom is -0.341 e. The third-order valence-corrected chi connectivity index (χ3v) is 5.40. The standard InChI is InChI=1S/C25H30N2O4/c1-24(2,3)31-25(21-15-9-5-10-16-21,22-17-11-6-12-18-22)27(26-19-28)30-23(29)20-13-7-4-8-14-20/h4-5,7-10,13-16,22H,6,11-12,17-18H2,1-3H3. The van der Waals surface area contributed by atoms with Crippen molar-refractivity contribution in [3.63, 3.8) is 0 Å². The quantitative estimate of drug-likeness (QED) is 0.253. The lowest BCUT2D eigenvalue weighted by atomic mass is 9.78. The van der Waals surface area contributed by atoms with E-state index in [0.717, 1.165) is 42.8 Å². The number of hydrogen-bond donors (Lipinski definition) is 0. The predicted molar refractivity (Wildman–Crippen MR) is 117 cm³/mol. The van der Waals surface area contributed by atoms with Crippen LogP contribution in [0.3, 0.4) is 0 Å². The van der Waals surface area contributed by atoms with Gasteiger partial charge in [-0.05, 0) is 45.7 Å². The van der Waals surface area contributed by atoms with Crippen LogP contribution >= 0.6 is 0 Å². The normalized spacial score (nSPS) is 16.6. The van der Waals surface area contributed by atoms with Gasteiger partial charge in [-0.15, -0.1) is 0 Å². The summed E-state index contributed by atoms with van der Waals surface area (Å²) in [5, 5.41) is 4.91. The molecule has 1 atom stereocenters. The van der Waals surface area contributed by atoms with Crippen molar-refractivity contribution >= 4 is 12.0 Å². The maximum atomic E-state index is 12.9. The highest BCUT2D eigenvalue weighted by Gasteiger charge is 2.52. The van der Waals surface area contributed by atoms with E-state index in [9.17, 15) is 9.59 Å². The van der Waals surface area contributed by atoms with E-state index in [1.54, 1.807) is 30.3 Å². The van der Waals surface area contributed by atoms with E-state index in [2.05, 4.69) is 5.10 Å². The zero-order valence-corrected chi connectivity index (χ0v) is 18.4. The largest absolute Gasteiger partial charge is 0.365 e. The van der Waals surface area contributed by atoms with Gasteiger partial charge in [-0.1, -0.05) is 78.1 Å². The number of hydrazone groups is 1. The van der Waals surface area contributed by atoms with E-state index >= 15 is 0 Å². The summed E-state index contributed by atoms with van der Waals surface area (Å²) in [6.45, 7) is 5.82. The Labute approximate surface area is 183 Å². The first-order valence-corrected chi connectivity index (χ1v) is 10.8. The van der Waals surface area contributed by atoms with E-state index in [0.29, 0.717) is 5.56 Å². The third-order valence-electron chi connectivity index (χ3n) is 5.40. The molecular weight excluding hydrogens is 392 g/mol. The van der Waals surface area contributed by atoms with Gasteiger partial charge in [0.15, 0.2) is 0 Å². The molecule has 1 aliphatic rings. The summed E-state index contributed by atoms with van der Waals surface area (Å²) in [5.41, 5.74) is -0.739. The SMILES string of the molecule is CC(C)(C)OC(c1ccccc1)(C1CCCCC1)N(N=C=O)OC(=O)c1ccccc1. The highest BCUT2D eigenvalue weighted by molar-refractivity contribution is 5.89. The minimum absolute atomic E-state index is 0.0384. The summed E-state index contributed by atoms with van der Waals surface area (Å²) in [5.74, 6) is -0.656. The van der Waals surface area contributed by atoms with E-state index in [1.165, 1.54) is 0 Å². The van der Waals surface area contributed by atoms with Crippen LogP contribution < -0.4 is 0 Å². The smallest absolute Gasteiger partial charge is 0.341 e. The minimum atomic E-state index is -1.26. The highest BCUT2D eigenvalue weighted by Crippen LogP contribution is 2.47. The molecule has 2 aromatic carbocycles. The molecule has 2 aromatic rings. The topological polar surface area (TPSA) is 68.2 Å². The van der Waals surface area contributed by atoms with Crippen molar-refractivity contribution in [1.82, 2.24) is 5.17 Å². The van der Waals surface area contributed by atoms with Crippen LogP contribution in [-0.4, -0.2) is 22.8 Å². The van der Waals surface area contributed by atoms with E-state index in [4.69, 9.17) is 9.57 Å². The average molecular weight is 423 g/mol. The molecule has 0 aliphatic heterocycles. The van der Waals surface area contributed by atoms with Crippen molar-refractivity contribution in [3.05, 3.63) is 71.8 Å². The molecule has 6 nitrogen and oxygen atoms in total. The Morgan fingerprint density at radius 2 is 1.55 bits per heavy atom. The molecule has 1 aliphatic carbocycles. The van der Waals surface area contributed by atoms with Gasteiger partial charge in [0.1, 0.15) is 0 Å². The Kier molecular flexibility index (Phi) is 7.26. The lowest BCUT2D eigenvalue weighted by Gasteiger charge is -2.48. The molecule has 0 amide bonds. The van der Waals surface area contributed by atoms with Crippen molar-refractivity contribution in [1.29, 1.82) is 0 Å². The zero-order chi connectivity index (χ0) is 22.3. The number of hydrogen-bond acceptors (Lipinski definition) is 6. The summed E-state index contributed by atoms with van der Waals surface area (Å²) in [6, 6.07) is 18.2. The fourth-order valence-corrected chi connectivity index (χ4v) is 4.23. The second-order valence-electron chi connectivity index (χ2n) is 8.82. The summed E-state index contributed by atoms with van der Waals surface area (Å²) in [6.07, 6.45) is 6.48. The van der Waals surface area contributed by atoms with Gasteiger partial charge in [-0.2, -0.15) is 0 Å². The van der Waals surface area contributed by atoms with Crippen LogP contribution in [-0.2, 0) is 20.1 Å². The number of hydroxylamine groups is 1. The molecule has 0 N–H and O–H groups in total. The van der Waals surface area contributed by atoms with Crippen LogP contribution in [0.25, 0.3) is 0 Å².